The molecule has 4 heterocycles. The molecule has 2 aromatic rings. The fourth-order valence-electron chi connectivity index (χ4n) is 3.76. The number of aromatic nitrogens is 2. The first-order valence-corrected chi connectivity index (χ1v) is 14.0. The lowest BCUT2D eigenvalue weighted by Gasteiger charge is -2.49. The first-order chi connectivity index (χ1) is 18.9. The zero-order valence-corrected chi connectivity index (χ0v) is 22.3. The monoisotopic (exact) mass is 620 g/mol. The average molecular weight is 621 g/mol. The summed E-state index contributed by atoms with van der Waals surface area (Å²) in [4.78, 5) is 51.6. The summed E-state index contributed by atoms with van der Waals surface area (Å²) in [5.74, 6) is -3.32. The number of nitrogens with zero attached hydrogens (tertiary/aromatic N) is 3. The van der Waals surface area contributed by atoms with E-state index in [-0.39, 0.29) is 27.1 Å². The fourth-order valence-corrected chi connectivity index (χ4v) is 6.89. The number of carboxylic acid groups (broad SMARTS) is 1. The second kappa shape index (κ2) is 11.8. The fraction of sp³-hybridized carbons (Fsp3) is 0.333. The summed E-state index contributed by atoms with van der Waals surface area (Å²) < 4.78 is 37.4. The van der Waals surface area contributed by atoms with Crippen molar-refractivity contribution in [3.8, 4) is 5.88 Å². The Kier molecular flexibility index (Phi) is 8.64. The van der Waals surface area contributed by atoms with Crippen molar-refractivity contribution >= 4 is 58.7 Å². The van der Waals surface area contributed by atoms with E-state index in [1.165, 1.54) is 30.0 Å². The Morgan fingerprint density at radius 1 is 1.30 bits per heavy atom. The zero-order valence-electron chi connectivity index (χ0n) is 19.9. The van der Waals surface area contributed by atoms with Crippen molar-refractivity contribution in [3.05, 3.63) is 51.0 Å². The number of nitrogens with one attached hydrogen (secondary N) is 3. The molecule has 4 rings (SSSR count). The number of aromatic hydroxyl groups is 1. The molecule has 0 aromatic carbocycles. The number of hydrogen-bond donors (Lipinski definition) is 5. The molecule has 2 aliphatic heterocycles. The molecular formula is C21H19F3N6O7S3. The van der Waals surface area contributed by atoms with Gasteiger partial charge in [0.15, 0.2) is 0 Å². The molecule has 2 aromatic heterocycles. The van der Waals surface area contributed by atoms with Crippen LogP contribution < -0.4 is 20.8 Å². The van der Waals surface area contributed by atoms with Gasteiger partial charge in [0, 0.05) is 28.5 Å². The number of rotatable bonds is 9. The Bertz CT molecular complexity index is 1360. The molecule has 1 fully saturated rings. The van der Waals surface area contributed by atoms with Crippen LogP contribution in [0.3, 0.4) is 0 Å². The summed E-state index contributed by atoms with van der Waals surface area (Å²) in [7, 11) is 0. The third-order valence-corrected chi connectivity index (χ3v) is 8.87. The first-order valence-electron chi connectivity index (χ1n) is 11.1. The highest BCUT2D eigenvalue weighted by molar-refractivity contribution is 8.01. The predicted octanol–water partition coefficient (Wildman–Crippen LogP) is 0.916. The molecule has 5 N–H and O–H groups in total. The van der Waals surface area contributed by atoms with E-state index in [1.54, 1.807) is 16.8 Å². The van der Waals surface area contributed by atoms with Crippen LogP contribution in [0, 0.1) is 5.21 Å². The SMILES string of the molecule is O=C(NCC(F)(F)F)NC(C(=O)N[C@H]1C(=O)N2C(C(=O)O)=C(CSc3ccc(O)n[n+]3[O-])CSC12)c1cccs1. The largest absolute Gasteiger partial charge is 0.593 e. The maximum absolute atomic E-state index is 13.1. The number of thiophene rings is 1. The number of amides is 4. The number of carbonyl (C=O) groups is 4. The number of alkyl halides is 3. The zero-order chi connectivity index (χ0) is 29.2. The number of urea groups is 1. The molecule has 4 amide bonds. The van der Waals surface area contributed by atoms with Gasteiger partial charge in [-0.1, -0.05) is 6.07 Å². The number of halogens is 3. The van der Waals surface area contributed by atoms with Crippen LogP contribution in [-0.4, -0.2) is 79.7 Å². The van der Waals surface area contributed by atoms with E-state index in [1.807, 2.05) is 0 Å². The highest BCUT2D eigenvalue weighted by atomic mass is 32.2. The Morgan fingerprint density at radius 3 is 2.67 bits per heavy atom. The number of thioether (sulfide) groups is 2. The van der Waals surface area contributed by atoms with E-state index in [0.29, 0.717) is 10.5 Å². The second-order valence-electron chi connectivity index (χ2n) is 8.24. The van der Waals surface area contributed by atoms with Crippen LogP contribution in [0.25, 0.3) is 0 Å². The first kappa shape index (κ1) is 29.3. The number of fused-ring (bicyclic) bond motifs is 1. The van der Waals surface area contributed by atoms with Gasteiger partial charge in [0.25, 0.3) is 16.8 Å². The molecule has 40 heavy (non-hydrogen) atoms. The van der Waals surface area contributed by atoms with Crippen molar-refractivity contribution in [3.63, 3.8) is 0 Å². The quantitative estimate of drug-likeness (QED) is 0.117. The van der Waals surface area contributed by atoms with Crippen molar-refractivity contribution in [2.75, 3.05) is 18.1 Å². The Balaban J connectivity index is 1.45. The number of β-lactam (4-membered cyclic amide) rings is 1. The minimum Gasteiger partial charge on any atom is -0.593 e. The lowest BCUT2D eigenvalue weighted by molar-refractivity contribution is -0.707. The molecule has 13 nitrogen and oxygen atoms in total. The standard InChI is InChI=1S/C21H19F3N6O7S3/c22-21(23,24)8-25-20(36)27-13(10-2-1-5-38-10)16(32)26-14-17(33)29-15(19(34)35)9(7-40-18(14)29)6-39-12-4-3-11(31)28-30(12)37/h1-5,13-14,18H,6-8H2,(H,26,32)(H,28,31)(H,34,35)(H2,25,27,36)/t13?,14-,18?/m0/s1. The van der Waals surface area contributed by atoms with Crippen LogP contribution in [-0.2, 0) is 14.4 Å². The maximum Gasteiger partial charge on any atom is 0.405 e. The van der Waals surface area contributed by atoms with E-state index in [4.69, 9.17) is 0 Å². The number of carbonyl (C=O) groups excluding carboxylic acids is 3. The number of carboxylic acids is 1. The second-order valence-corrected chi connectivity index (χ2v) is 11.3. The Hall–Kier alpha value is -3.71. The third kappa shape index (κ3) is 6.53. The minimum absolute atomic E-state index is 0.0221. The lowest BCUT2D eigenvalue weighted by atomic mass is 10.0. The van der Waals surface area contributed by atoms with Gasteiger partial charge in [0.05, 0.1) is 5.10 Å². The van der Waals surface area contributed by atoms with Crippen LogP contribution in [0.2, 0.25) is 0 Å². The van der Waals surface area contributed by atoms with Crippen LogP contribution >= 0.6 is 34.9 Å². The summed E-state index contributed by atoms with van der Waals surface area (Å²) >= 11 is 3.18. The number of hydrogen-bond acceptors (Lipinski definition) is 10. The van der Waals surface area contributed by atoms with E-state index in [9.17, 15) is 47.8 Å². The minimum atomic E-state index is -4.66. The van der Waals surface area contributed by atoms with Crippen molar-refractivity contribution in [1.29, 1.82) is 0 Å². The van der Waals surface area contributed by atoms with Gasteiger partial charge < -0.3 is 31.4 Å². The Labute approximate surface area is 235 Å². The summed E-state index contributed by atoms with van der Waals surface area (Å²) in [5, 5.41) is 41.4. The lowest BCUT2D eigenvalue weighted by Crippen LogP contribution is -2.71. The molecule has 0 spiro atoms. The highest BCUT2D eigenvalue weighted by Crippen LogP contribution is 2.41. The van der Waals surface area contributed by atoms with Crippen molar-refractivity contribution in [2.45, 2.75) is 28.7 Å². The molecule has 0 saturated carbocycles. The van der Waals surface area contributed by atoms with Gasteiger partial charge in [0.1, 0.15) is 29.7 Å². The summed E-state index contributed by atoms with van der Waals surface area (Å²) in [6.07, 6.45) is -4.66. The van der Waals surface area contributed by atoms with Gasteiger partial charge in [-0.15, -0.1) is 23.1 Å². The van der Waals surface area contributed by atoms with Gasteiger partial charge in [-0.05, 0) is 33.6 Å². The van der Waals surface area contributed by atoms with E-state index in [0.717, 1.165) is 28.0 Å². The van der Waals surface area contributed by atoms with Gasteiger partial charge >= 0.3 is 18.2 Å². The van der Waals surface area contributed by atoms with Crippen LogP contribution in [0.15, 0.2) is 45.9 Å². The molecule has 1 saturated heterocycles. The van der Waals surface area contributed by atoms with Crippen molar-refractivity contribution in [1.82, 2.24) is 25.9 Å². The third-order valence-electron chi connectivity index (χ3n) is 5.51. The maximum atomic E-state index is 13.1. The molecule has 0 radical (unpaired) electrons. The van der Waals surface area contributed by atoms with Gasteiger partial charge in [-0.3, -0.25) is 14.5 Å². The van der Waals surface area contributed by atoms with E-state index >= 15 is 0 Å². The van der Waals surface area contributed by atoms with Gasteiger partial charge in [0.2, 0.25) is 5.91 Å². The highest BCUT2D eigenvalue weighted by Gasteiger charge is 2.54. The molecule has 0 bridgehead atoms. The van der Waals surface area contributed by atoms with Crippen LogP contribution in [0.1, 0.15) is 10.9 Å². The average Bonchev–Trinajstić information content (AvgIpc) is 3.42. The molecular weight excluding hydrogens is 601 g/mol. The van der Waals surface area contributed by atoms with Crippen molar-refractivity contribution < 1.29 is 47.4 Å². The van der Waals surface area contributed by atoms with Crippen molar-refractivity contribution in [2.24, 2.45) is 0 Å². The topological polar surface area (TPSA) is 188 Å². The number of aliphatic carboxylic acids is 1. The van der Waals surface area contributed by atoms with Crippen LogP contribution in [0.5, 0.6) is 5.88 Å². The summed E-state index contributed by atoms with van der Waals surface area (Å²) in [6, 6.07) is 1.72. The molecule has 2 unspecified atom stereocenters. The normalized spacial score (nSPS) is 19.4. The molecule has 214 valence electrons. The van der Waals surface area contributed by atoms with E-state index < -0.39 is 59.9 Å². The smallest absolute Gasteiger partial charge is 0.405 e. The van der Waals surface area contributed by atoms with Gasteiger partial charge in [-0.2, -0.15) is 13.2 Å². The molecule has 19 heteroatoms. The van der Waals surface area contributed by atoms with Gasteiger partial charge in [-0.25, -0.2) is 9.59 Å². The molecule has 3 atom stereocenters. The Morgan fingerprint density at radius 2 is 2.05 bits per heavy atom. The van der Waals surface area contributed by atoms with Crippen LogP contribution in [0.4, 0.5) is 18.0 Å². The molecule has 0 aliphatic carbocycles. The van der Waals surface area contributed by atoms with E-state index in [2.05, 4.69) is 15.7 Å². The summed E-state index contributed by atoms with van der Waals surface area (Å²) in [5.41, 5.74) is 0.0415. The summed E-state index contributed by atoms with van der Waals surface area (Å²) in [6.45, 7) is -1.62. The molecule has 2 aliphatic rings. The predicted molar refractivity (Wildman–Crippen MR) is 135 cm³/mol.